The van der Waals surface area contributed by atoms with E-state index in [0.29, 0.717) is 31.1 Å². The smallest absolute Gasteiger partial charge is 0.408 e. The topological polar surface area (TPSA) is 117 Å². The van der Waals surface area contributed by atoms with Crippen LogP contribution in [0.4, 0.5) is 4.79 Å². The summed E-state index contributed by atoms with van der Waals surface area (Å²) in [5.74, 6) is -1.05. The van der Waals surface area contributed by atoms with Crippen molar-refractivity contribution in [3.05, 3.63) is 12.7 Å². The first-order valence-electron chi connectivity index (χ1n) is 12.4. The molecule has 9 nitrogen and oxygen atoms in total. The van der Waals surface area contributed by atoms with Gasteiger partial charge in [0.05, 0.1) is 0 Å². The predicted octanol–water partition coefficient (Wildman–Crippen LogP) is 2.90. The molecule has 1 aliphatic heterocycles. The molecule has 35 heavy (non-hydrogen) atoms. The average molecular weight is 509 g/mol. The molecule has 3 aliphatic rings. The summed E-state index contributed by atoms with van der Waals surface area (Å²) in [4.78, 5) is 53.9. The highest BCUT2D eigenvalue weighted by Gasteiger charge is 2.60. The second kappa shape index (κ2) is 10.0. The molecule has 0 spiro atoms. The molecule has 4 atom stereocenters. The van der Waals surface area contributed by atoms with Crippen molar-refractivity contribution in [1.29, 1.82) is 0 Å². The van der Waals surface area contributed by atoms with Crippen LogP contribution in [0.25, 0.3) is 0 Å². The summed E-state index contributed by atoms with van der Waals surface area (Å²) in [7, 11) is 0. The van der Waals surface area contributed by atoms with Crippen LogP contribution < -0.4 is 15.4 Å². The van der Waals surface area contributed by atoms with Gasteiger partial charge >= 0.3 is 6.09 Å². The van der Waals surface area contributed by atoms with Gasteiger partial charge in [-0.25, -0.2) is 4.79 Å². The summed E-state index contributed by atoms with van der Waals surface area (Å²) in [6.45, 7) is 15.0. The van der Waals surface area contributed by atoms with Gasteiger partial charge in [0, 0.05) is 17.7 Å². The highest BCUT2D eigenvalue weighted by Crippen LogP contribution is 2.46. The Morgan fingerprint density at radius 1 is 1.11 bits per heavy atom. The number of likely N-dealkylation sites (tertiary alicyclic amines) is 1. The maximum absolute atomic E-state index is 13.6. The molecule has 3 rings (SSSR count). The Morgan fingerprint density at radius 2 is 1.77 bits per heavy atom. The Kier molecular flexibility index (Phi) is 7.84. The van der Waals surface area contributed by atoms with Gasteiger partial charge < -0.3 is 20.3 Å². The van der Waals surface area contributed by atoms with Crippen LogP contribution >= 0.6 is 11.9 Å². The fraction of sp³-hybridized carbons (Fsp3) is 0.760. The number of rotatable bonds is 8. The molecule has 1 heterocycles. The van der Waals surface area contributed by atoms with Crippen molar-refractivity contribution >= 4 is 35.8 Å². The van der Waals surface area contributed by atoms with Gasteiger partial charge in [0.2, 0.25) is 11.8 Å². The van der Waals surface area contributed by atoms with Gasteiger partial charge in [-0.15, -0.1) is 6.58 Å². The van der Waals surface area contributed by atoms with Crippen molar-refractivity contribution in [3.8, 4) is 0 Å². The van der Waals surface area contributed by atoms with Crippen LogP contribution in [0.5, 0.6) is 0 Å². The van der Waals surface area contributed by atoms with Crippen LogP contribution in [0, 0.1) is 11.3 Å². The number of hydrogen-bond acceptors (Lipinski definition) is 6. The summed E-state index contributed by atoms with van der Waals surface area (Å²) >= 11 is 1.41. The number of nitrogens with one attached hydrogen (secondary N) is 3. The van der Waals surface area contributed by atoms with E-state index in [1.54, 1.807) is 26.8 Å². The highest BCUT2D eigenvalue weighted by atomic mass is 32.2. The first-order chi connectivity index (χ1) is 16.2. The van der Waals surface area contributed by atoms with Crippen molar-refractivity contribution < 1.29 is 23.9 Å². The molecule has 3 N–H and O–H groups in total. The van der Waals surface area contributed by atoms with E-state index in [-0.39, 0.29) is 23.6 Å². The monoisotopic (exact) mass is 508 g/mol. The third kappa shape index (κ3) is 6.71. The summed E-state index contributed by atoms with van der Waals surface area (Å²) in [5, 5.41) is 6.11. The molecule has 0 aromatic heterocycles. The number of carbonyl (C=O) groups excluding carboxylic acids is 4. The number of nitrogens with zero attached hydrogens (tertiary/aromatic N) is 1. The summed E-state index contributed by atoms with van der Waals surface area (Å²) < 4.78 is 8.26. The van der Waals surface area contributed by atoms with Crippen LogP contribution in [0.2, 0.25) is 0 Å². The van der Waals surface area contributed by atoms with E-state index in [9.17, 15) is 19.2 Å². The van der Waals surface area contributed by atoms with Gasteiger partial charge in [0.15, 0.2) is 0 Å². The lowest BCUT2D eigenvalue weighted by atomic mass is 9.85. The van der Waals surface area contributed by atoms with E-state index >= 15 is 0 Å². The van der Waals surface area contributed by atoms with E-state index in [2.05, 4.69) is 21.9 Å². The first kappa shape index (κ1) is 27.4. The van der Waals surface area contributed by atoms with Gasteiger partial charge in [-0.2, -0.15) is 0 Å². The molecule has 4 amide bonds. The Balaban J connectivity index is 1.70. The standard InChI is InChI=1S/C25H40N4O5S/c1-8-15-14-25(15,21(32)28-35-16-11-12-16)27-19(30)17-10-9-13-29(17)20(31)18(23(2,3)4)26-22(33)34-24(5,6)7/h8,15-18H,1,9-14H2,2-7H3,(H,26,33)(H,27,30)(H,28,32)/t15?,17?,18?,25-/m1/s1. The van der Waals surface area contributed by atoms with Gasteiger partial charge in [-0.05, 0) is 70.2 Å². The lowest BCUT2D eigenvalue weighted by molar-refractivity contribution is -0.142. The quantitative estimate of drug-likeness (QED) is 0.343. The highest BCUT2D eigenvalue weighted by molar-refractivity contribution is 7.98. The molecule has 0 aromatic carbocycles. The molecule has 196 valence electrons. The number of amides is 4. The van der Waals surface area contributed by atoms with Crippen LogP contribution in [0.15, 0.2) is 12.7 Å². The van der Waals surface area contributed by atoms with Crippen molar-refractivity contribution in [2.24, 2.45) is 11.3 Å². The van der Waals surface area contributed by atoms with Crippen molar-refractivity contribution in [2.75, 3.05) is 6.54 Å². The summed E-state index contributed by atoms with van der Waals surface area (Å²) in [5.41, 5.74) is -2.33. The third-order valence-corrected chi connectivity index (χ3v) is 7.61. The van der Waals surface area contributed by atoms with Crippen molar-refractivity contribution in [2.45, 2.75) is 102 Å². The molecular weight excluding hydrogens is 468 g/mol. The van der Waals surface area contributed by atoms with Gasteiger partial charge in [-0.1, -0.05) is 26.8 Å². The maximum Gasteiger partial charge on any atom is 0.408 e. The fourth-order valence-corrected chi connectivity index (χ4v) is 5.12. The fourth-order valence-electron chi connectivity index (χ4n) is 4.29. The van der Waals surface area contributed by atoms with Crippen molar-refractivity contribution in [1.82, 2.24) is 20.3 Å². The normalized spacial score (nSPS) is 27.0. The Hall–Kier alpha value is -2.23. The first-order valence-corrected chi connectivity index (χ1v) is 13.3. The molecule has 2 saturated carbocycles. The second-order valence-electron chi connectivity index (χ2n) is 11.9. The average Bonchev–Trinajstić information content (AvgIpc) is 3.64. The minimum Gasteiger partial charge on any atom is -0.444 e. The van der Waals surface area contributed by atoms with E-state index in [0.717, 1.165) is 12.8 Å². The molecule has 0 bridgehead atoms. The largest absolute Gasteiger partial charge is 0.444 e. The third-order valence-electron chi connectivity index (χ3n) is 6.51. The SMILES string of the molecule is C=CC1C[C@]1(NC(=O)C1CCCN1C(=O)C(NC(=O)OC(C)(C)C)C(C)(C)C)C(=O)NSC1CC1. The van der Waals surface area contributed by atoms with E-state index in [4.69, 9.17) is 4.74 Å². The Labute approximate surface area is 212 Å². The zero-order chi connectivity index (χ0) is 26.2. The van der Waals surface area contributed by atoms with Gasteiger partial charge in [0.25, 0.3) is 5.91 Å². The molecule has 3 fully saturated rings. The van der Waals surface area contributed by atoms with Crippen LogP contribution in [0.3, 0.4) is 0 Å². The number of carbonyl (C=O) groups is 4. The molecule has 0 radical (unpaired) electrons. The van der Waals surface area contributed by atoms with E-state index < -0.39 is 34.7 Å². The molecule has 0 aromatic rings. The van der Waals surface area contributed by atoms with Crippen molar-refractivity contribution in [3.63, 3.8) is 0 Å². The minimum atomic E-state index is -1.02. The van der Waals surface area contributed by atoms with E-state index in [1.165, 1.54) is 16.8 Å². The predicted molar refractivity (Wildman–Crippen MR) is 135 cm³/mol. The molecule has 2 aliphatic carbocycles. The molecular formula is C25H40N4O5S. The number of alkyl carbamates (subject to hydrolysis) is 1. The second-order valence-corrected chi connectivity index (χ2v) is 13.0. The lowest BCUT2D eigenvalue weighted by Crippen LogP contribution is -2.59. The van der Waals surface area contributed by atoms with E-state index in [1.807, 2.05) is 20.8 Å². The zero-order valence-corrected chi connectivity index (χ0v) is 22.5. The molecule has 1 saturated heterocycles. The zero-order valence-electron chi connectivity index (χ0n) is 21.7. The van der Waals surface area contributed by atoms with Gasteiger partial charge in [-0.3, -0.25) is 19.1 Å². The van der Waals surface area contributed by atoms with Crippen LogP contribution in [-0.2, 0) is 19.1 Å². The summed E-state index contributed by atoms with van der Waals surface area (Å²) in [6.07, 6.45) is 4.83. The van der Waals surface area contributed by atoms with Crippen LogP contribution in [-0.4, -0.2) is 63.7 Å². The lowest BCUT2D eigenvalue weighted by Gasteiger charge is -2.36. The Bertz CT molecular complexity index is 876. The molecule has 10 heteroatoms. The number of ether oxygens (including phenoxy) is 1. The van der Waals surface area contributed by atoms with Crippen LogP contribution in [0.1, 0.15) is 73.6 Å². The minimum absolute atomic E-state index is 0.145. The molecule has 3 unspecified atom stereocenters. The Morgan fingerprint density at radius 3 is 2.29 bits per heavy atom. The number of hydrogen-bond donors (Lipinski definition) is 3. The summed E-state index contributed by atoms with van der Waals surface area (Å²) in [6, 6.07) is -1.58. The van der Waals surface area contributed by atoms with Gasteiger partial charge in [0.1, 0.15) is 23.2 Å². The maximum atomic E-state index is 13.6.